The molecule has 0 aliphatic heterocycles. The van der Waals surface area contributed by atoms with E-state index in [2.05, 4.69) is 144 Å². The highest BCUT2D eigenvalue weighted by molar-refractivity contribution is 7.27. The van der Waals surface area contributed by atoms with E-state index in [0.29, 0.717) is 0 Å². The van der Waals surface area contributed by atoms with Crippen LogP contribution in [0.1, 0.15) is 0 Å². The maximum absolute atomic E-state index is 2.49. The largest absolute Gasteiger partial charge is 0.310 e. The molecule has 0 unspecified atom stereocenters. The van der Waals surface area contributed by atoms with Gasteiger partial charge in [-0.2, -0.15) is 0 Å². The third kappa shape index (κ3) is 3.56. The number of nitrogens with zero attached hydrogens (tertiary/aromatic N) is 1. The Morgan fingerprint density at radius 1 is 0.364 bits per heavy atom. The number of anilines is 3. The van der Waals surface area contributed by atoms with Gasteiger partial charge in [0.05, 0.1) is 5.69 Å². The summed E-state index contributed by atoms with van der Waals surface area (Å²) in [6, 6.07) is 51.7. The maximum atomic E-state index is 2.49. The summed E-state index contributed by atoms with van der Waals surface area (Å²) in [6.07, 6.45) is 0. The van der Waals surface area contributed by atoms with E-state index in [9.17, 15) is 0 Å². The molecule has 44 heavy (non-hydrogen) atoms. The van der Waals surface area contributed by atoms with Crippen LogP contribution in [0.15, 0.2) is 140 Å². The highest BCUT2D eigenvalue weighted by Gasteiger charge is 2.21. The van der Waals surface area contributed by atoms with E-state index < -0.39 is 0 Å². The predicted molar refractivity (Wildman–Crippen MR) is 197 cm³/mol. The molecule has 0 atom stereocenters. The van der Waals surface area contributed by atoms with Crippen molar-refractivity contribution in [1.82, 2.24) is 0 Å². The maximum Gasteiger partial charge on any atom is 0.0554 e. The SMILES string of the molecule is c1ccc2c(c1)ccc1c2sc2cccc(N(c3ccc4sc5ccccc5c4c3)c3ccc4sc5ccccc5c4c3)c21. The zero-order chi connectivity index (χ0) is 28.8. The first-order valence-electron chi connectivity index (χ1n) is 14.8. The molecule has 0 saturated heterocycles. The van der Waals surface area contributed by atoms with Crippen molar-refractivity contribution >= 4 is 122 Å². The second-order valence-electron chi connectivity index (χ2n) is 11.3. The Hall–Kier alpha value is -4.74. The first-order valence-corrected chi connectivity index (χ1v) is 17.2. The molecule has 0 spiro atoms. The number of hydrogen-bond donors (Lipinski definition) is 0. The Morgan fingerprint density at radius 2 is 0.932 bits per heavy atom. The summed E-state index contributed by atoms with van der Waals surface area (Å²) in [6.45, 7) is 0. The van der Waals surface area contributed by atoms with E-state index in [4.69, 9.17) is 0 Å². The van der Waals surface area contributed by atoms with Gasteiger partial charge in [-0.3, -0.25) is 0 Å². The zero-order valence-electron chi connectivity index (χ0n) is 23.5. The second-order valence-corrected chi connectivity index (χ2v) is 14.5. The van der Waals surface area contributed by atoms with Crippen molar-refractivity contribution in [3.63, 3.8) is 0 Å². The van der Waals surface area contributed by atoms with Gasteiger partial charge in [0.2, 0.25) is 0 Å². The Bertz CT molecular complexity index is 2630. The minimum atomic E-state index is 1.17. The van der Waals surface area contributed by atoms with E-state index >= 15 is 0 Å². The van der Waals surface area contributed by atoms with Gasteiger partial charge >= 0.3 is 0 Å². The molecular formula is C40H23NS3. The molecule has 3 aromatic heterocycles. The second kappa shape index (κ2) is 9.38. The number of benzene rings is 7. The summed E-state index contributed by atoms with van der Waals surface area (Å²) in [5.74, 6) is 0. The average Bonchev–Trinajstić information content (AvgIpc) is 3.76. The molecule has 0 bridgehead atoms. The van der Waals surface area contributed by atoms with Crippen LogP contribution in [-0.2, 0) is 0 Å². The highest BCUT2D eigenvalue weighted by Crippen LogP contribution is 2.48. The Labute approximate surface area is 265 Å². The van der Waals surface area contributed by atoms with Crippen molar-refractivity contribution < 1.29 is 0 Å². The monoisotopic (exact) mass is 613 g/mol. The average molecular weight is 614 g/mol. The molecule has 7 aromatic carbocycles. The number of thiophene rings is 3. The minimum Gasteiger partial charge on any atom is -0.310 e. The van der Waals surface area contributed by atoms with Crippen LogP contribution in [0, 0.1) is 0 Å². The fourth-order valence-corrected chi connectivity index (χ4v) is 10.3. The zero-order valence-corrected chi connectivity index (χ0v) is 25.9. The molecule has 0 amide bonds. The molecule has 0 aliphatic carbocycles. The topological polar surface area (TPSA) is 3.24 Å². The summed E-state index contributed by atoms with van der Waals surface area (Å²) in [5, 5.41) is 10.5. The smallest absolute Gasteiger partial charge is 0.0554 e. The lowest BCUT2D eigenvalue weighted by atomic mass is 10.0. The summed E-state index contributed by atoms with van der Waals surface area (Å²) in [7, 11) is 0. The van der Waals surface area contributed by atoms with Gasteiger partial charge in [0.15, 0.2) is 0 Å². The van der Waals surface area contributed by atoms with Gasteiger partial charge in [0, 0.05) is 71.9 Å². The summed E-state index contributed by atoms with van der Waals surface area (Å²) >= 11 is 5.64. The van der Waals surface area contributed by atoms with Gasteiger partial charge in [-0.05, 0) is 71.4 Å². The summed E-state index contributed by atoms with van der Waals surface area (Å²) < 4.78 is 7.96. The Balaban J connectivity index is 1.30. The van der Waals surface area contributed by atoms with E-state index in [1.165, 1.54) is 88.4 Å². The van der Waals surface area contributed by atoms with E-state index in [1.54, 1.807) is 0 Å². The molecule has 0 radical (unpaired) electrons. The molecule has 0 N–H and O–H groups in total. The standard InChI is InChI=1S/C40H23NS3/c1-2-9-27-24(8-1)16-19-30-39-33(12-7-15-38(39)44-40(27)30)41(25-17-20-36-31(22-25)28-10-3-5-13-34(28)42-36)26-18-21-37-32(23-26)29-11-4-6-14-35(29)43-37/h1-23H. The molecule has 0 fully saturated rings. The van der Waals surface area contributed by atoms with Crippen LogP contribution in [-0.4, -0.2) is 0 Å². The van der Waals surface area contributed by atoms with Crippen molar-refractivity contribution in [2.75, 3.05) is 4.90 Å². The van der Waals surface area contributed by atoms with E-state index in [0.717, 1.165) is 0 Å². The minimum absolute atomic E-state index is 1.17. The molecule has 0 aliphatic rings. The van der Waals surface area contributed by atoms with E-state index in [-0.39, 0.29) is 0 Å². The normalized spacial score (nSPS) is 12.1. The van der Waals surface area contributed by atoms with Crippen LogP contribution < -0.4 is 4.90 Å². The van der Waals surface area contributed by atoms with Gasteiger partial charge in [-0.1, -0.05) is 78.9 Å². The van der Waals surface area contributed by atoms with E-state index in [1.807, 2.05) is 34.0 Å². The van der Waals surface area contributed by atoms with Crippen molar-refractivity contribution in [2.45, 2.75) is 0 Å². The predicted octanol–water partition coefficient (Wildman–Crippen LogP) is 13.4. The fourth-order valence-electron chi connectivity index (χ4n) is 6.85. The molecule has 10 aromatic rings. The molecule has 4 heteroatoms. The number of hydrogen-bond acceptors (Lipinski definition) is 4. The lowest BCUT2D eigenvalue weighted by Gasteiger charge is -2.27. The molecule has 0 saturated carbocycles. The van der Waals surface area contributed by atoms with Crippen LogP contribution in [0.5, 0.6) is 0 Å². The third-order valence-corrected chi connectivity index (χ3v) is 12.4. The van der Waals surface area contributed by atoms with Crippen molar-refractivity contribution in [3.05, 3.63) is 140 Å². The van der Waals surface area contributed by atoms with Gasteiger partial charge in [0.1, 0.15) is 0 Å². The van der Waals surface area contributed by atoms with Gasteiger partial charge < -0.3 is 4.90 Å². The van der Waals surface area contributed by atoms with Crippen LogP contribution in [0.2, 0.25) is 0 Å². The van der Waals surface area contributed by atoms with Gasteiger partial charge in [-0.25, -0.2) is 0 Å². The van der Waals surface area contributed by atoms with Crippen LogP contribution in [0.4, 0.5) is 17.1 Å². The fraction of sp³-hybridized carbons (Fsp3) is 0. The van der Waals surface area contributed by atoms with Gasteiger partial charge in [-0.15, -0.1) is 34.0 Å². The van der Waals surface area contributed by atoms with Crippen molar-refractivity contribution in [2.24, 2.45) is 0 Å². The first-order chi connectivity index (χ1) is 21.8. The van der Waals surface area contributed by atoms with Crippen molar-refractivity contribution in [1.29, 1.82) is 0 Å². The number of fused-ring (bicyclic) bond motifs is 11. The lowest BCUT2D eigenvalue weighted by molar-refractivity contribution is 1.32. The molecule has 3 heterocycles. The third-order valence-electron chi connectivity index (χ3n) is 8.84. The Kier molecular flexibility index (Phi) is 5.26. The molecule has 206 valence electrons. The lowest BCUT2D eigenvalue weighted by Crippen LogP contribution is -2.10. The van der Waals surface area contributed by atoms with Crippen LogP contribution in [0.25, 0.3) is 71.3 Å². The number of rotatable bonds is 3. The van der Waals surface area contributed by atoms with Crippen LogP contribution >= 0.6 is 34.0 Å². The molecular weight excluding hydrogens is 591 g/mol. The van der Waals surface area contributed by atoms with Crippen LogP contribution in [0.3, 0.4) is 0 Å². The first kappa shape index (κ1) is 24.7. The summed E-state index contributed by atoms with van der Waals surface area (Å²) in [5.41, 5.74) is 3.56. The molecule has 1 nitrogen and oxygen atoms in total. The Morgan fingerprint density at radius 3 is 1.61 bits per heavy atom. The van der Waals surface area contributed by atoms with Crippen molar-refractivity contribution in [3.8, 4) is 0 Å². The van der Waals surface area contributed by atoms with Gasteiger partial charge in [0.25, 0.3) is 0 Å². The quantitative estimate of drug-likeness (QED) is 0.192. The summed E-state index contributed by atoms with van der Waals surface area (Å²) in [4.78, 5) is 2.49. The molecule has 10 rings (SSSR count). The highest BCUT2D eigenvalue weighted by atomic mass is 32.1.